The zero-order valence-corrected chi connectivity index (χ0v) is 13.3. The molecule has 0 aliphatic rings. The molecule has 0 unspecified atom stereocenters. The van der Waals surface area contributed by atoms with Crippen LogP contribution in [0.3, 0.4) is 0 Å². The Bertz CT molecular complexity index is 919. The minimum Gasteiger partial charge on any atom is -0.478 e. The van der Waals surface area contributed by atoms with Crippen molar-refractivity contribution >= 4 is 41.2 Å². The highest BCUT2D eigenvalue weighted by Crippen LogP contribution is 2.32. The van der Waals surface area contributed by atoms with Gasteiger partial charge in [-0.05, 0) is 29.8 Å². The average molecular weight is 354 g/mol. The number of nitrogens with zero attached hydrogens (tertiary/aromatic N) is 1. The molecule has 0 atom stereocenters. The molecule has 0 heterocycles. The number of aromatic carboxylic acids is 1. The van der Waals surface area contributed by atoms with E-state index in [2.05, 4.69) is 0 Å². The number of hydrogen-bond donors (Lipinski definition) is 3. The van der Waals surface area contributed by atoms with Crippen LogP contribution in [0.2, 0.25) is 0 Å². The Balaban J connectivity index is 2.73. The molecule has 2 amide bonds. The topological polar surface area (TPSA) is 138 Å². The molecule has 26 heavy (non-hydrogen) atoms. The van der Waals surface area contributed by atoms with Gasteiger partial charge in [-0.3, -0.25) is 14.5 Å². The molecule has 2 aromatic carbocycles. The van der Waals surface area contributed by atoms with Gasteiger partial charge in [0.2, 0.25) is 5.91 Å². The van der Waals surface area contributed by atoms with Crippen molar-refractivity contribution in [3.8, 4) is 0 Å². The summed E-state index contributed by atoms with van der Waals surface area (Å²) < 4.78 is 0. The molecule has 0 spiro atoms. The van der Waals surface area contributed by atoms with Gasteiger partial charge >= 0.3 is 17.8 Å². The minimum absolute atomic E-state index is 0.0890. The van der Waals surface area contributed by atoms with Crippen LogP contribution in [0.25, 0.3) is 6.08 Å². The van der Waals surface area contributed by atoms with E-state index in [9.17, 15) is 29.4 Å². The van der Waals surface area contributed by atoms with E-state index in [1.54, 1.807) is 12.1 Å². The highest BCUT2D eigenvalue weighted by molar-refractivity contribution is 6.39. The van der Waals surface area contributed by atoms with E-state index >= 15 is 0 Å². The van der Waals surface area contributed by atoms with Crippen molar-refractivity contribution in [3.63, 3.8) is 0 Å². The van der Waals surface area contributed by atoms with Gasteiger partial charge in [0.05, 0.1) is 16.9 Å². The fourth-order valence-electron chi connectivity index (χ4n) is 2.30. The first-order chi connectivity index (χ1) is 12.3. The van der Waals surface area contributed by atoms with Crippen LogP contribution in [-0.2, 0) is 14.4 Å². The normalized spacial score (nSPS) is 10.5. The molecule has 0 fully saturated rings. The van der Waals surface area contributed by atoms with Crippen molar-refractivity contribution in [2.24, 2.45) is 5.73 Å². The van der Waals surface area contributed by atoms with Gasteiger partial charge in [0.15, 0.2) is 0 Å². The van der Waals surface area contributed by atoms with Crippen LogP contribution < -0.4 is 10.6 Å². The van der Waals surface area contributed by atoms with Crippen LogP contribution in [0.4, 0.5) is 11.4 Å². The molecule has 0 saturated heterocycles. The number of carboxylic acids is 2. The molecule has 2 rings (SSSR count). The largest absolute Gasteiger partial charge is 0.478 e. The fourth-order valence-corrected chi connectivity index (χ4v) is 2.30. The predicted octanol–water partition coefficient (Wildman–Crippen LogP) is 1.63. The maximum absolute atomic E-state index is 12.3. The quantitative estimate of drug-likeness (QED) is 0.551. The number of benzene rings is 2. The number of aliphatic carboxylic acids is 1. The number of anilines is 2. The maximum Gasteiger partial charge on any atom is 0.395 e. The van der Waals surface area contributed by atoms with Gasteiger partial charge in [-0.1, -0.05) is 30.3 Å². The summed E-state index contributed by atoms with van der Waals surface area (Å²) in [5, 5.41) is 18.5. The SMILES string of the molecule is NC(=O)/C=C/c1ccccc1N(C(=O)C(=O)O)c1ccccc1C(=O)O. The molecule has 4 N–H and O–H groups in total. The van der Waals surface area contributed by atoms with Crippen LogP contribution in [0.1, 0.15) is 15.9 Å². The molecule has 0 aliphatic heterocycles. The van der Waals surface area contributed by atoms with E-state index in [1.807, 2.05) is 0 Å². The van der Waals surface area contributed by atoms with Gasteiger partial charge < -0.3 is 15.9 Å². The lowest BCUT2D eigenvalue weighted by Crippen LogP contribution is -2.34. The van der Waals surface area contributed by atoms with Crippen LogP contribution in [0.5, 0.6) is 0 Å². The third kappa shape index (κ3) is 3.93. The molecule has 0 aliphatic carbocycles. The van der Waals surface area contributed by atoms with E-state index < -0.39 is 23.8 Å². The summed E-state index contributed by atoms with van der Waals surface area (Å²) in [4.78, 5) is 46.9. The van der Waals surface area contributed by atoms with Crippen molar-refractivity contribution < 1.29 is 29.4 Å². The first-order valence-corrected chi connectivity index (χ1v) is 7.29. The molecule has 0 saturated carbocycles. The van der Waals surface area contributed by atoms with Crippen molar-refractivity contribution in [2.75, 3.05) is 4.90 Å². The van der Waals surface area contributed by atoms with Gasteiger partial charge in [-0.15, -0.1) is 0 Å². The highest BCUT2D eigenvalue weighted by atomic mass is 16.4. The molecule has 0 aromatic heterocycles. The summed E-state index contributed by atoms with van der Waals surface area (Å²) in [6.45, 7) is 0. The van der Waals surface area contributed by atoms with E-state index in [0.29, 0.717) is 5.56 Å². The molecule has 0 radical (unpaired) electrons. The van der Waals surface area contributed by atoms with Crippen LogP contribution in [-0.4, -0.2) is 34.0 Å². The summed E-state index contributed by atoms with van der Waals surface area (Å²) in [6, 6.07) is 11.6. The first-order valence-electron chi connectivity index (χ1n) is 7.29. The lowest BCUT2D eigenvalue weighted by atomic mass is 10.1. The second kappa shape index (κ2) is 7.75. The highest BCUT2D eigenvalue weighted by Gasteiger charge is 2.28. The molecule has 8 nitrogen and oxygen atoms in total. The summed E-state index contributed by atoms with van der Waals surface area (Å²) in [5.74, 6) is -5.17. The molecule has 0 bridgehead atoms. The number of para-hydroxylation sites is 2. The third-order valence-corrected chi connectivity index (χ3v) is 3.37. The minimum atomic E-state index is -1.76. The number of carbonyl (C=O) groups is 4. The van der Waals surface area contributed by atoms with Crippen LogP contribution in [0.15, 0.2) is 54.6 Å². The number of primary amides is 1. The number of carbonyl (C=O) groups excluding carboxylic acids is 2. The standard InChI is InChI=1S/C18H14N2O6/c19-15(21)10-9-11-5-1-3-7-13(11)20(16(22)18(25)26)14-8-4-2-6-12(14)17(23)24/h1-10H,(H2,19,21)(H,23,24)(H,25,26)/b10-9+. The van der Waals surface area contributed by atoms with Crippen molar-refractivity contribution in [2.45, 2.75) is 0 Å². The van der Waals surface area contributed by atoms with E-state index in [-0.39, 0.29) is 16.9 Å². The third-order valence-electron chi connectivity index (χ3n) is 3.37. The van der Waals surface area contributed by atoms with Gasteiger partial charge in [-0.2, -0.15) is 0 Å². The van der Waals surface area contributed by atoms with Crippen molar-refractivity contribution in [1.82, 2.24) is 0 Å². The number of amides is 2. The Morgan fingerprint density at radius 2 is 1.46 bits per heavy atom. The Hall–Kier alpha value is -3.94. The number of hydrogen-bond acceptors (Lipinski definition) is 4. The maximum atomic E-state index is 12.3. The fraction of sp³-hybridized carbons (Fsp3) is 0. The van der Waals surface area contributed by atoms with Crippen molar-refractivity contribution in [3.05, 3.63) is 65.7 Å². The smallest absolute Gasteiger partial charge is 0.395 e. The summed E-state index contributed by atoms with van der Waals surface area (Å²) in [6.07, 6.45) is 2.36. The molecule has 132 valence electrons. The zero-order chi connectivity index (χ0) is 19.3. The summed E-state index contributed by atoms with van der Waals surface area (Å²) >= 11 is 0. The Kier molecular flexibility index (Phi) is 5.49. The van der Waals surface area contributed by atoms with Gasteiger partial charge in [0, 0.05) is 6.08 Å². The lowest BCUT2D eigenvalue weighted by molar-refractivity contribution is -0.148. The molecule has 8 heteroatoms. The predicted molar refractivity (Wildman–Crippen MR) is 92.9 cm³/mol. The van der Waals surface area contributed by atoms with E-state index in [1.165, 1.54) is 42.5 Å². The molecular weight excluding hydrogens is 340 g/mol. The van der Waals surface area contributed by atoms with Crippen molar-refractivity contribution in [1.29, 1.82) is 0 Å². The van der Waals surface area contributed by atoms with Crippen LogP contribution >= 0.6 is 0 Å². The average Bonchev–Trinajstić information content (AvgIpc) is 2.61. The Labute approximate surface area is 147 Å². The number of rotatable bonds is 5. The van der Waals surface area contributed by atoms with Gasteiger partial charge in [0.25, 0.3) is 0 Å². The summed E-state index contributed by atoms with van der Waals surface area (Å²) in [5.41, 5.74) is 5.09. The van der Waals surface area contributed by atoms with Gasteiger partial charge in [-0.25, -0.2) is 9.59 Å². The number of nitrogens with two attached hydrogens (primary N) is 1. The zero-order valence-electron chi connectivity index (χ0n) is 13.3. The lowest BCUT2D eigenvalue weighted by Gasteiger charge is -2.24. The summed E-state index contributed by atoms with van der Waals surface area (Å²) in [7, 11) is 0. The van der Waals surface area contributed by atoms with Crippen LogP contribution in [0, 0.1) is 0 Å². The molecule has 2 aromatic rings. The molecular formula is C18H14N2O6. The second-order valence-electron chi connectivity index (χ2n) is 5.06. The monoisotopic (exact) mass is 354 g/mol. The Morgan fingerprint density at radius 1 is 0.885 bits per heavy atom. The number of carboxylic acid groups (broad SMARTS) is 2. The van der Waals surface area contributed by atoms with E-state index in [0.717, 1.165) is 11.0 Å². The second-order valence-corrected chi connectivity index (χ2v) is 5.06. The van der Waals surface area contributed by atoms with Gasteiger partial charge in [0.1, 0.15) is 0 Å². The first kappa shape index (κ1) is 18.4. The Morgan fingerprint density at radius 3 is 2.04 bits per heavy atom. The van der Waals surface area contributed by atoms with E-state index in [4.69, 9.17) is 5.73 Å².